The van der Waals surface area contributed by atoms with Crippen molar-refractivity contribution in [2.75, 3.05) is 0 Å². The lowest BCUT2D eigenvalue weighted by Gasteiger charge is -2.14. The van der Waals surface area contributed by atoms with Crippen molar-refractivity contribution in [3.63, 3.8) is 0 Å². The Morgan fingerprint density at radius 3 is 2.57 bits per heavy atom. The molecular weight excluding hydrogens is 476 g/mol. The van der Waals surface area contributed by atoms with E-state index in [4.69, 9.17) is 0 Å². The molecule has 1 unspecified atom stereocenters. The molecular formula is C25H30N8O4. The third kappa shape index (κ3) is 6.87. The molecule has 194 valence electrons. The predicted octanol–water partition coefficient (Wildman–Crippen LogP) is 2.23. The maximum absolute atomic E-state index is 12.6. The topological polar surface area (TPSA) is 182 Å². The Bertz CT molecular complexity index is 1390. The average molecular weight is 507 g/mol. The largest absolute Gasteiger partial charge is 0.480 e. The monoisotopic (exact) mass is 506 g/mol. The molecule has 0 aliphatic heterocycles. The van der Waals surface area contributed by atoms with Crippen LogP contribution in [0.5, 0.6) is 0 Å². The third-order valence-corrected chi connectivity index (χ3v) is 6.28. The molecule has 1 atom stereocenters. The van der Waals surface area contributed by atoms with Crippen LogP contribution in [0.15, 0.2) is 35.3 Å². The van der Waals surface area contributed by atoms with Crippen LogP contribution in [0.2, 0.25) is 0 Å². The second-order valence-electron chi connectivity index (χ2n) is 9.03. The van der Waals surface area contributed by atoms with E-state index in [0.29, 0.717) is 53.9 Å². The van der Waals surface area contributed by atoms with Crippen molar-refractivity contribution in [2.45, 2.75) is 64.3 Å². The number of aromatic amines is 3. The van der Waals surface area contributed by atoms with Crippen molar-refractivity contribution in [3.8, 4) is 0 Å². The van der Waals surface area contributed by atoms with Crippen LogP contribution in [-0.2, 0) is 24.1 Å². The van der Waals surface area contributed by atoms with E-state index in [9.17, 15) is 19.5 Å². The number of tetrazole rings is 1. The number of carbonyl (C=O) groups excluding carboxylic acids is 1. The van der Waals surface area contributed by atoms with Gasteiger partial charge in [-0.2, -0.15) is 5.21 Å². The van der Waals surface area contributed by atoms with E-state index in [2.05, 4.69) is 40.9 Å². The van der Waals surface area contributed by atoms with Crippen LogP contribution in [0.3, 0.4) is 0 Å². The zero-order chi connectivity index (χ0) is 26.2. The van der Waals surface area contributed by atoms with E-state index in [1.54, 1.807) is 25.3 Å². The number of amides is 1. The van der Waals surface area contributed by atoms with Crippen molar-refractivity contribution >= 4 is 22.9 Å². The minimum absolute atomic E-state index is 0.164. The molecule has 0 radical (unpaired) electrons. The second kappa shape index (κ2) is 12.1. The Morgan fingerprint density at radius 2 is 1.84 bits per heavy atom. The molecule has 0 fully saturated rings. The average Bonchev–Trinajstić information content (AvgIpc) is 3.54. The van der Waals surface area contributed by atoms with E-state index in [1.165, 1.54) is 0 Å². The number of aryl methyl sites for hydroxylation is 4. The number of fused-ring (bicyclic) bond motifs is 1. The van der Waals surface area contributed by atoms with Gasteiger partial charge in [0.15, 0.2) is 5.82 Å². The lowest BCUT2D eigenvalue weighted by atomic mass is 10.0. The highest BCUT2D eigenvalue weighted by Gasteiger charge is 2.20. The lowest BCUT2D eigenvalue weighted by Crippen LogP contribution is -2.40. The first kappa shape index (κ1) is 25.7. The van der Waals surface area contributed by atoms with E-state index >= 15 is 0 Å². The fourth-order valence-corrected chi connectivity index (χ4v) is 4.29. The molecule has 12 heteroatoms. The molecule has 0 saturated carbocycles. The fraction of sp³-hybridized carbons (Fsp3) is 0.400. The van der Waals surface area contributed by atoms with Gasteiger partial charge in [-0.25, -0.2) is 9.78 Å². The summed E-state index contributed by atoms with van der Waals surface area (Å²) >= 11 is 0. The molecule has 4 rings (SSSR count). The summed E-state index contributed by atoms with van der Waals surface area (Å²) in [6, 6.07) is 6.12. The number of carbonyl (C=O) groups is 2. The van der Waals surface area contributed by atoms with Gasteiger partial charge in [-0.05, 0) is 55.9 Å². The van der Waals surface area contributed by atoms with Gasteiger partial charge < -0.3 is 20.4 Å². The number of aromatic nitrogens is 7. The Labute approximate surface area is 212 Å². The number of H-pyrrole nitrogens is 3. The number of nitrogens with one attached hydrogen (secondary N) is 4. The molecule has 0 aliphatic rings. The summed E-state index contributed by atoms with van der Waals surface area (Å²) in [7, 11) is 0. The zero-order valence-electron chi connectivity index (χ0n) is 20.6. The third-order valence-electron chi connectivity index (χ3n) is 6.28. The summed E-state index contributed by atoms with van der Waals surface area (Å²) < 4.78 is 0. The predicted molar refractivity (Wildman–Crippen MR) is 135 cm³/mol. The van der Waals surface area contributed by atoms with Gasteiger partial charge in [0, 0.05) is 18.2 Å². The SMILES string of the molecule is Cc1nc2[nH]cc(CCc3ccc(C(=O)NC(CCCCCCc4nn[nH]n4)C(=O)O)cc3)c2c(=O)[nH]1. The highest BCUT2D eigenvalue weighted by molar-refractivity contribution is 5.96. The fourth-order valence-electron chi connectivity index (χ4n) is 4.29. The molecule has 4 aromatic rings. The smallest absolute Gasteiger partial charge is 0.326 e. The first-order valence-corrected chi connectivity index (χ1v) is 12.3. The number of carboxylic acid groups (broad SMARTS) is 1. The highest BCUT2D eigenvalue weighted by Crippen LogP contribution is 2.16. The highest BCUT2D eigenvalue weighted by atomic mass is 16.4. The minimum atomic E-state index is -1.05. The normalized spacial score (nSPS) is 12.0. The van der Waals surface area contributed by atoms with Gasteiger partial charge in [0.2, 0.25) is 0 Å². The van der Waals surface area contributed by atoms with Crippen molar-refractivity contribution in [3.05, 3.63) is 69.2 Å². The molecule has 0 bridgehead atoms. The van der Waals surface area contributed by atoms with Crippen LogP contribution >= 0.6 is 0 Å². The molecule has 1 aromatic carbocycles. The number of hydrogen-bond acceptors (Lipinski definition) is 7. The summed E-state index contributed by atoms with van der Waals surface area (Å²) in [5, 5.41) is 26.5. The lowest BCUT2D eigenvalue weighted by molar-refractivity contribution is -0.139. The molecule has 5 N–H and O–H groups in total. The minimum Gasteiger partial charge on any atom is -0.480 e. The Kier molecular flexibility index (Phi) is 8.39. The number of carboxylic acids is 1. The van der Waals surface area contributed by atoms with Gasteiger partial charge in [0.05, 0.1) is 5.39 Å². The van der Waals surface area contributed by atoms with Crippen LogP contribution in [0.4, 0.5) is 0 Å². The van der Waals surface area contributed by atoms with Crippen molar-refractivity contribution in [2.24, 2.45) is 0 Å². The van der Waals surface area contributed by atoms with Gasteiger partial charge in [-0.1, -0.05) is 36.6 Å². The molecule has 0 saturated heterocycles. The van der Waals surface area contributed by atoms with E-state index in [1.807, 2.05) is 12.1 Å². The molecule has 3 heterocycles. The van der Waals surface area contributed by atoms with Crippen LogP contribution < -0.4 is 10.9 Å². The summed E-state index contributed by atoms with van der Waals surface area (Å²) in [5.74, 6) is -0.236. The van der Waals surface area contributed by atoms with Crippen LogP contribution in [-0.4, -0.2) is 58.6 Å². The van der Waals surface area contributed by atoms with Crippen molar-refractivity contribution in [1.29, 1.82) is 0 Å². The van der Waals surface area contributed by atoms with Gasteiger partial charge in [-0.15, -0.1) is 10.2 Å². The number of rotatable bonds is 13. The maximum atomic E-state index is 12.6. The standard InChI is InChI=1S/C25H30N8O4/c1-15-27-22-21(24(35)28-15)18(14-26-22)13-10-16-8-11-17(12-9-16)23(34)29-19(25(36)37)6-4-2-3-5-7-20-30-32-33-31-20/h8-9,11-12,14,19H,2-7,10,13H2,1H3,(H,29,34)(H,36,37)(H2,26,27,28,35)(H,30,31,32,33). The molecule has 3 aromatic heterocycles. The van der Waals surface area contributed by atoms with Crippen LogP contribution in [0.1, 0.15) is 65.2 Å². The van der Waals surface area contributed by atoms with Crippen LogP contribution in [0.25, 0.3) is 11.0 Å². The van der Waals surface area contributed by atoms with Gasteiger partial charge >= 0.3 is 5.97 Å². The number of aliphatic carboxylic acids is 1. The van der Waals surface area contributed by atoms with E-state index in [0.717, 1.165) is 36.8 Å². The van der Waals surface area contributed by atoms with E-state index < -0.39 is 17.9 Å². The Hall–Kier alpha value is -4.35. The van der Waals surface area contributed by atoms with E-state index in [-0.39, 0.29) is 5.56 Å². The second-order valence-corrected chi connectivity index (χ2v) is 9.03. The number of nitrogens with zero attached hydrogens (tertiary/aromatic N) is 4. The number of hydrogen-bond donors (Lipinski definition) is 5. The quantitative estimate of drug-likeness (QED) is 0.171. The summed E-state index contributed by atoms with van der Waals surface area (Å²) in [6.07, 6.45) is 7.54. The zero-order valence-corrected chi connectivity index (χ0v) is 20.6. The first-order chi connectivity index (χ1) is 17.9. The van der Waals surface area contributed by atoms with Gasteiger partial charge in [-0.3, -0.25) is 9.59 Å². The molecule has 37 heavy (non-hydrogen) atoms. The summed E-state index contributed by atoms with van der Waals surface area (Å²) in [6.45, 7) is 1.74. The van der Waals surface area contributed by atoms with Crippen molar-refractivity contribution < 1.29 is 14.7 Å². The summed E-state index contributed by atoms with van der Waals surface area (Å²) in [4.78, 5) is 46.7. The molecule has 1 amide bonds. The van der Waals surface area contributed by atoms with Gasteiger partial charge in [0.1, 0.15) is 17.5 Å². The number of benzene rings is 1. The van der Waals surface area contributed by atoms with Crippen molar-refractivity contribution in [1.82, 2.24) is 40.9 Å². The Morgan fingerprint density at radius 1 is 1.05 bits per heavy atom. The Balaban J connectivity index is 1.24. The molecule has 0 aliphatic carbocycles. The van der Waals surface area contributed by atoms with Crippen LogP contribution in [0, 0.1) is 6.92 Å². The first-order valence-electron chi connectivity index (χ1n) is 12.3. The molecule has 12 nitrogen and oxygen atoms in total. The number of unbranched alkanes of at least 4 members (excludes halogenated alkanes) is 3. The summed E-state index contributed by atoms with van der Waals surface area (Å²) in [5.41, 5.74) is 2.68. The van der Waals surface area contributed by atoms with Gasteiger partial charge in [0.25, 0.3) is 11.5 Å². The molecule has 0 spiro atoms. The maximum Gasteiger partial charge on any atom is 0.326 e.